The van der Waals surface area contributed by atoms with Crippen molar-refractivity contribution in [2.75, 3.05) is 44.9 Å². The molecule has 0 aliphatic carbocycles. The zero-order valence-corrected chi connectivity index (χ0v) is 12.4. The van der Waals surface area contributed by atoms with Gasteiger partial charge in [-0.05, 0) is 37.6 Å². The number of hydrogen-bond acceptors (Lipinski definition) is 4. The van der Waals surface area contributed by atoms with Gasteiger partial charge >= 0.3 is 0 Å². The molecule has 0 radical (unpaired) electrons. The molecule has 0 aliphatic rings. The molecule has 0 spiro atoms. The highest BCUT2D eigenvalue weighted by atomic mass is 19.1. The third-order valence-corrected chi connectivity index (χ3v) is 3.13. The molecule has 2 N–H and O–H groups in total. The van der Waals surface area contributed by atoms with E-state index in [-0.39, 0.29) is 12.4 Å². The van der Waals surface area contributed by atoms with Gasteiger partial charge in [-0.2, -0.15) is 0 Å². The number of aliphatic hydroxyl groups excluding tert-OH is 1. The van der Waals surface area contributed by atoms with Gasteiger partial charge in [0.05, 0.1) is 12.3 Å². The van der Waals surface area contributed by atoms with E-state index in [1.165, 1.54) is 6.07 Å². The van der Waals surface area contributed by atoms with E-state index in [1.807, 2.05) is 17.9 Å². The number of halogens is 1. The fraction of sp³-hybridized carbons (Fsp3) is 0.600. The molecule has 0 heterocycles. The first kappa shape index (κ1) is 16.9. The molecule has 1 aromatic carbocycles. The molecule has 0 atom stereocenters. The third kappa shape index (κ3) is 5.45. The van der Waals surface area contributed by atoms with Gasteiger partial charge < -0.3 is 20.1 Å². The van der Waals surface area contributed by atoms with Gasteiger partial charge in [0.1, 0.15) is 5.82 Å². The first-order valence-corrected chi connectivity index (χ1v) is 7.06. The van der Waals surface area contributed by atoms with Gasteiger partial charge in [0, 0.05) is 33.4 Å². The molecule has 1 aromatic rings. The Balaban J connectivity index is 2.60. The lowest BCUT2D eigenvalue weighted by molar-refractivity contribution is 0.194. The number of benzene rings is 1. The van der Waals surface area contributed by atoms with Crippen LogP contribution in [0.4, 0.5) is 10.1 Å². The number of rotatable bonds is 10. The standard InChI is InChI=1S/C15H25FN2O2/c1-3-18(8-9-19)15-11-13(5-6-14(15)16)12-17-7-4-10-20-2/h5-6,11,17,19H,3-4,7-10,12H2,1-2H3. The maximum atomic E-state index is 13.9. The molecule has 114 valence electrons. The monoisotopic (exact) mass is 284 g/mol. The normalized spacial score (nSPS) is 10.8. The fourth-order valence-corrected chi connectivity index (χ4v) is 2.05. The second kappa shape index (κ2) is 9.69. The lowest BCUT2D eigenvalue weighted by Crippen LogP contribution is -2.27. The van der Waals surface area contributed by atoms with Crippen molar-refractivity contribution in [1.29, 1.82) is 0 Å². The van der Waals surface area contributed by atoms with E-state index in [4.69, 9.17) is 9.84 Å². The second-order valence-corrected chi connectivity index (χ2v) is 4.61. The third-order valence-electron chi connectivity index (χ3n) is 3.13. The summed E-state index contributed by atoms with van der Waals surface area (Å²) in [6.45, 7) is 5.39. The molecular formula is C15H25FN2O2. The number of nitrogens with zero attached hydrogens (tertiary/aromatic N) is 1. The molecule has 0 saturated heterocycles. The summed E-state index contributed by atoms with van der Waals surface area (Å²) in [4.78, 5) is 1.84. The molecule has 5 heteroatoms. The molecule has 0 unspecified atom stereocenters. The van der Waals surface area contributed by atoms with Crippen LogP contribution in [-0.2, 0) is 11.3 Å². The Bertz CT molecular complexity index is 388. The average Bonchev–Trinajstić information content (AvgIpc) is 2.46. The fourth-order valence-electron chi connectivity index (χ4n) is 2.05. The summed E-state index contributed by atoms with van der Waals surface area (Å²) in [6.07, 6.45) is 0.955. The van der Waals surface area contributed by atoms with Crippen LogP contribution in [0.1, 0.15) is 18.9 Å². The smallest absolute Gasteiger partial charge is 0.146 e. The molecule has 0 aromatic heterocycles. The zero-order chi connectivity index (χ0) is 14.8. The van der Waals surface area contributed by atoms with Gasteiger partial charge in [0.25, 0.3) is 0 Å². The van der Waals surface area contributed by atoms with Crippen molar-refractivity contribution in [2.24, 2.45) is 0 Å². The molecule has 1 rings (SSSR count). The maximum absolute atomic E-state index is 13.9. The van der Waals surface area contributed by atoms with E-state index >= 15 is 0 Å². The summed E-state index contributed by atoms with van der Waals surface area (Å²) in [5.41, 5.74) is 1.59. The minimum Gasteiger partial charge on any atom is -0.395 e. The molecule has 4 nitrogen and oxygen atoms in total. The van der Waals surface area contributed by atoms with Crippen molar-refractivity contribution in [3.05, 3.63) is 29.6 Å². The van der Waals surface area contributed by atoms with Crippen molar-refractivity contribution in [2.45, 2.75) is 19.9 Å². The highest BCUT2D eigenvalue weighted by Gasteiger charge is 2.10. The Morgan fingerprint density at radius 2 is 2.20 bits per heavy atom. The number of methoxy groups -OCH3 is 1. The summed E-state index contributed by atoms with van der Waals surface area (Å²) in [5, 5.41) is 12.3. The predicted octanol–water partition coefficient (Wildman–Crippen LogP) is 1.77. The molecule has 0 amide bonds. The quantitative estimate of drug-likeness (QED) is 0.643. The van der Waals surface area contributed by atoms with Crippen LogP contribution >= 0.6 is 0 Å². The SMILES string of the molecule is CCN(CCO)c1cc(CNCCCOC)ccc1F. The van der Waals surface area contributed by atoms with E-state index in [1.54, 1.807) is 13.2 Å². The number of aliphatic hydroxyl groups is 1. The van der Waals surface area contributed by atoms with Crippen LogP contribution in [0.15, 0.2) is 18.2 Å². The number of ether oxygens (including phenoxy) is 1. The van der Waals surface area contributed by atoms with Gasteiger partial charge in [0.2, 0.25) is 0 Å². The van der Waals surface area contributed by atoms with E-state index in [0.29, 0.717) is 25.3 Å². The maximum Gasteiger partial charge on any atom is 0.146 e. The largest absolute Gasteiger partial charge is 0.395 e. The second-order valence-electron chi connectivity index (χ2n) is 4.61. The Morgan fingerprint density at radius 3 is 2.85 bits per heavy atom. The summed E-state index contributed by atoms with van der Waals surface area (Å²) >= 11 is 0. The summed E-state index contributed by atoms with van der Waals surface area (Å²) < 4.78 is 18.8. The highest BCUT2D eigenvalue weighted by molar-refractivity contribution is 5.50. The molecule has 20 heavy (non-hydrogen) atoms. The Labute approximate surface area is 120 Å². The van der Waals surface area contributed by atoms with Gasteiger partial charge in [-0.1, -0.05) is 6.07 Å². The number of anilines is 1. The van der Waals surface area contributed by atoms with Gasteiger partial charge in [0.15, 0.2) is 0 Å². The van der Waals surface area contributed by atoms with Crippen molar-refractivity contribution < 1.29 is 14.2 Å². The van der Waals surface area contributed by atoms with Crippen molar-refractivity contribution >= 4 is 5.69 Å². The Kier molecular flexibility index (Phi) is 8.18. The van der Waals surface area contributed by atoms with Gasteiger partial charge in [-0.3, -0.25) is 0 Å². The number of nitrogens with one attached hydrogen (secondary N) is 1. The first-order valence-electron chi connectivity index (χ1n) is 7.06. The number of likely N-dealkylation sites (N-methyl/N-ethyl adjacent to an activating group) is 1. The van der Waals surface area contributed by atoms with Crippen LogP contribution in [0.2, 0.25) is 0 Å². The summed E-state index contributed by atoms with van der Waals surface area (Å²) in [6, 6.07) is 5.12. The Morgan fingerprint density at radius 1 is 1.40 bits per heavy atom. The highest BCUT2D eigenvalue weighted by Crippen LogP contribution is 2.20. The average molecular weight is 284 g/mol. The van der Waals surface area contributed by atoms with Crippen LogP contribution in [0.5, 0.6) is 0 Å². The molecule has 0 saturated carbocycles. The van der Waals surface area contributed by atoms with Crippen LogP contribution in [0.25, 0.3) is 0 Å². The van der Waals surface area contributed by atoms with Crippen LogP contribution in [0.3, 0.4) is 0 Å². The number of hydrogen-bond donors (Lipinski definition) is 2. The summed E-state index contributed by atoms with van der Waals surface area (Å²) in [7, 11) is 1.69. The van der Waals surface area contributed by atoms with E-state index in [9.17, 15) is 4.39 Å². The predicted molar refractivity (Wildman–Crippen MR) is 79.6 cm³/mol. The zero-order valence-electron chi connectivity index (χ0n) is 12.4. The van der Waals surface area contributed by atoms with Crippen LogP contribution in [-0.4, -0.2) is 45.1 Å². The minimum absolute atomic E-state index is 0.0206. The lowest BCUT2D eigenvalue weighted by atomic mass is 10.1. The van der Waals surface area contributed by atoms with E-state index in [0.717, 1.165) is 25.1 Å². The van der Waals surface area contributed by atoms with Gasteiger partial charge in [-0.15, -0.1) is 0 Å². The lowest BCUT2D eigenvalue weighted by Gasteiger charge is -2.23. The summed E-state index contributed by atoms with van der Waals surface area (Å²) in [5.74, 6) is -0.247. The first-order chi connectivity index (χ1) is 9.72. The van der Waals surface area contributed by atoms with Crippen LogP contribution < -0.4 is 10.2 Å². The van der Waals surface area contributed by atoms with Crippen molar-refractivity contribution in [3.63, 3.8) is 0 Å². The van der Waals surface area contributed by atoms with Crippen molar-refractivity contribution in [1.82, 2.24) is 5.32 Å². The minimum atomic E-state index is -0.247. The van der Waals surface area contributed by atoms with Gasteiger partial charge in [-0.25, -0.2) is 4.39 Å². The molecule has 0 bridgehead atoms. The van der Waals surface area contributed by atoms with Crippen molar-refractivity contribution in [3.8, 4) is 0 Å². The molecular weight excluding hydrogens is 259 g/mol. The van der Waals surface area contributed by atoms with E-state index in [2.05, 4.69) is 5.32 Å². The van der Waals surface area contributed by atoms with E-state index < -0.39 is 0 Å². The molecule has 0 fully saturated rings. The van der Waals surface area contributed by atoms with Crippen LogP contribution in [0, 0.1) is 5.82 Å². The topological polar surface area (TPSA) is 44.7 Å². The molecule has 0 aliphatic heterocycles. The Hall–Kier alpha value is -1.17.